The summed E-state index contributed by atoms with van der Waals surface area (Å²) in [5.41, 5.74) is 3.41. The van der Waals surface area contributed by atoms with E-state index in [1.807, 2.05) is 56.3 Å². The summed E-state index contributed by atoms with van der Waals surface area (Å²) in [5.74, 6) is -1.23. The summed E-state index contributed by atoms with van der Waals surface area (Å²) in [6, 6.07) is 15.7. The van der Waals surface area contributed by atoms with E-state index < -0.39 is 34.7 Å². The van der Waals surface area contributed by atoms with Crippen LogP contribution in [-0.2, 0) is 22.4 Å². The van der Waals surface area contributed by atoms with Crippen molar-refractivity contribution in [1.29, 1.82) is 0 Å². The Bertz CT molecular complexity index is 1480. The molecule has 0 unspecified atom stereocenters. The SMILES string of the molecule is Cc1c(O)cccc1C(=O)N[C@@H](Cc1ccccc1)[C@H](O)C(=O)N1CSC(C)(C)[C@H]1C(=O)N[C@@H]1CCc2ncccc21. The van der Waals surface area contributed by atoms with Crippen LogP contribution in [0.1, 0.15) is 59.1 Å². The molecule has 3 aromatic rings. The highest BCUT2D eigenvalue weighted by atomic mass is 32.2. The van der Waals surface area contributed by atoms with Gasteiger partial charge in [-0.15, -0.1) is 11.8 Å². The predicted octanol–water partition coefficient (Wildman–Crippen LogP) is 3.28. The Labute approximate surface area is 249 Å². The Morgan fingerprint density at radius 2 is 1.86 bits per heavy atom. The van der Waals surface area contributed by atoms with Crippen LogP contribution in [0.15, 0.2) is 66.9 Å². The van der Waals surface area contributed by atoms with Gasteiger partial charge in [-0.1, -0.05) is 42.5 Å². The lowest BCUT2D eigenvalue weighted by atomic mass is 9.96. The molecule has 1 saturated heterocycles. The number of aromatic nitrogens is 1. The fraction of sp³-hybridized carbons (Fsp3) is 0.375. The molecular formula is C32H36N4O5S. The highest BCUT2D eigenvalue weighted by molar-refractivity contribution is 8.00. The number of aryl methyl sites for hydroxylation is 1. The van der Waals surface area contributed by atoms with Crippen LogP contribution in [-0.4, -0.2) is 66.6 Å². The minimum atomic E-state index is -1.62. The van der Waals surface area contributed by atoms with Crippen LogP contribution in [0.5, 0.6) is 5.75 Å². The number of carbonyl (C=O) groups excluding carboxylic acids is 3. The number of benzene rings is 2. The quantitative estimate of drug-likeness (QED) is 0.318. The number of fused-ring (bicyclic) bond motifs is 1. The lowest BCUT2D eigenvalue weighted by Crippen LogP contribution is -2.59. The van der Waals surface area contributed by atoms with Crippen LogP contribution in [0.25, 0.3) is 0 Å². The molecule has 4 N–H and O–H groups in total. The van der Waals surface area contributed by atoms with E-state index in [0.29, 0.717) is 5.56 Å². The Kier molecular flexibility index (Phi) is 8.56. The Balaban J connectivity index is 1.37. The smallest absolute Gasteiger partial charge is 0.254 e. The summed E-state index contributed by atoms with van der Waals surface area (Å²) in [6.45, 7) is 5.46. The number of hydrogen-bond donors (Lipinski definition) is 4. The van der Waals surface area contributed by atoms with Gasteiger partial charge in [-0.05, 0) is 69.4 Å². The summed E-state index contributed by atoms with van der Waals surface area (Å²) >= 11 is 1.47. The number of thioether (sulfide) groups is 1. The molecule has 0 bridgehead atoms. The van der Waals surface area contributed by atoms with Gasteiger partial charge in [0.1, 0.15) is 11.8 Å². The fourth-order valence-corrected chi connectivity index (χ4v) is 6.93. The predicted molar refractivity (Wildman–Crippen MR) is 161 cm³/mol. The number of aliphatic hydroxyl groups excluding tert-OH is 1. The second kappa shape index (κ2) is 12.1. The minimum absolute atomic E-state index is 0.0234. The molecule has 3 amide bonds. The number of hydrogen-bond acceptors (Lipinski definition) is 7. The summed E-state index contributed by atoms with van der Waals surface area (Å²) in [5, 5.41) is 27.6. The standard InChI is InChI=1S/C32H36N4O5S/c1-19-21(11-7-13-26(19)37)29(39)35-25(17-20-9-5-4-6-10-20)27(38)31(41)36-18-42-32(2,3)28(36)30(40)34-24-15-14-23-22(24)12-8-16-33-23/h4-13,16,24-25,27-28,37-38H,14-15,17-18H2,1-3H3,(H,34,40)(H,35,39)/t24-,25+,27+,28-/m1/s1. The molecule has 2 heterocycles. The molecule has 42 heavy (non-hydrogen) atoms. The molecule has 0 radical (unpaired) electrons. The van der Waals surface area contributed by atoms with E-state index in [1.165, 1.54) is 22.7 Å². The lowest BCUT2D eigenvalue weighted by Gasteiger charge is -2.34. The van der Waals surface area contributed by atoms with Gasteiger partial charge in [0.2, 0.25) is 5.91 Å². The molecule has 0 saturated carbocycles. The first kappa shape index (κ1) is 29.6. The van der Waals surface area contributed by atoms with E-state index in [9.17, 15) is 24.6 Å². The van der Waals surface area contributed by atoms with Crippen molar-refractivity contribution in [1.82, 2.24) is 20.5 Å². The number of nitrogens with zero attached hydrogens (tertiary/aromatic N) is 2. The number of nitrogens with one attached hydrogen (secondary N) is 2. The number of aliphatic hydroxyl groups is 1. The number of pyridine rings is 1. The Morgan fingerprint density at radius 1 is 1.10 bits per heavy atom. The molecule has 2 aliphatic rings. The number of carbonyl (C=O) groups is 3. The van der Waals surface area contributed by atoms with Crippen LogP contribution in [0.2, 0.25) is 0 Å². The van der Waals surface area contributed by atoms with E-state index in [-0.39, 0.29) is 35.6 Å². The molecule has 1 aliphatic carbocycles. The van der Waals surface area contributed by atoms with Crippen LogP contribution < -0.4 is 10.6 Å². The zero-order valence-electron chi connectivity index (χ0n) is 23.9. The van der Waals surface area contributed by atoms with Crippen molar-refractivity contribution in [3.63, 3.8) is 0 Å². The maximum atomic E-state index is 13.9. The first-order valence-electron chi connectivity index (χ1n) is 14.1. The van der Waals surface area contributed by atoms with E-state index in [4.69, 9.17) is 0 Å². The maximum absolute atomic E-state index is 13.9. The summed E-state index contributed by atoms with van der Waals surface area (Å²) in [7, 11) is 0. The summed E-state index contributed by atoms with van der Waals surface area (Å²) in [4.78, 5) is 46.8. The molecule has 4 atom stereocenters. The molecule has 2 aromatic carbocycles. The van der Waals surface area contributed by atoms with Crippen molar-refractivity contribution in [2.45, 2.75) is 69.0 Å². The minimum Gasteiger partial charge on any atom is -0.508 e. The second-order valence-corrected chi connectivity index (χ2v) is 13.0. The third-order valence-corrected chi connectivity index (χ3v) is 9.54. The average Bonchev–Trinajstić information content (AvgIpc) is 3.53. The number of rotatable bonds is 8. The molecule has 1 aliphatic heterocycles. The van der Waals surface area contributed by atoms with E-state index >= 15 is 0 Å². The molecule has 9 nitrogen and oxygen atoms in total. The summed E-state index contributed by atoms with van der Waals surface area (Å²) in [6.07, 6.45) is 1.81. The van der Waals surface area contributed by atoms with Crippen molar-refractivity contribution in [2.24, 2.45) is 0 Å². The van der Waals surface area contributed by atoms with Gasteiger partial charge in [0.25, 0.3) is 11.8 Å². The van der Waals surface area contributed by atoms with Crippen LogP contribution in [0.3, 0.4) is 0 Å². The van der Waals surface area contributed by atoms with Gasteiger partial charge in [0, 0.05) is 27.8 Å². The van der Waals surface area contributed by atoms with E-state index in [1.54, 1.807) is 25.3 Å². The highest BCUT2D eigenvalue weighted by Crippen LogP contribution is 2.40. The largest absolute Gasteiger partial charge is 0.508 e. The first-order valence-corrected chi connectivity index (χ1v) is 15.1. The Hall–Kier alpha value is -3.89. The molecule has 220 valence electrons. The van der Waals surface area contributed by atoms with Crippen molar-refractivity contribution >= 4 is 29.5 Å². The zero-order valence-corrected chi connectivity index (χ0v) is 24.7. The molecule has 5 rings (SSSR count). The van der Waals surface area contributed by atoms with Crippen molar-refractivity contribution in [3.05, 3.63) is 94.8 Å². The van der Waals surface area contributed by atoms with Crippen LogP contribution in [0.4, 0.5) is 0 Å². The number of amides is 3. The molecule has 10 heteroatoms. The monoisotopic (exact) mass is 588 g/mol. The molecule has 0 spiro atoms. The van der Waals surface area contributed by atoms with Gasteiger partial charge in [-0.2, -0.15) is 0 Å². The van der Waals surface area contributed by atoms with Gasteiger partial charge >= 0.3 is 0 Å². The van der Waals surface area contributed by atoms with Crippen LogP contribution >= 0.6 is 11.8 Å². The number of phenols is 1. The highest BCUT2D eigenvalue weighted by Gasteiger charge is 2.50. The van der Waals surface area contributed by atoms with E-state index in [0.717, 1.165) is 29.7 Å². The topological polar surface area (TPSA) is 132 Å². The summed E-state index contributed by atoms with van der Waals surface area (Å²) < 4.78 is -0.604. The normalized spacial score (nSPS) is 20.4. The fourth-order valence-electron chi connectivity index (χ4n) is 5.79. The number of aromatic hydroxyl groups is 1. The van der Waals surface area contributed by atoms with E-state index in [2.05, 4.69) is 15.6 Å². The molecule has 1 aromatic heterocycles. The zero-order chi connectivity index (χ0) is 30.0. The van der Waals surface area contributed by atoms with Gasteiger partial charge in [0.15, 0.2) is 6.10 Å². The second-order valence-electron chi connectivity index (χ2n) is 11.4. The average molecular weight is 589 g/mol. The third-order valence-electron chi connectivity index (χ3n) is 8.16. The molecule has 1 fully saturated rings. The van der Waals surface area contributed by atoms with Crippen molar-refractivity contribution in [2.75, 3.05) is 5.88 Å². The van der Waals surface area contributed by atoms with Crippen molar-refractivity contribution in [3.8, 4) is 5.75 Å². The van der Waals surface area contributed by atoms with Gasteiger partial charge in [-0.25, -0.2) is 0 Å². The molecular weight excluding hydrogens is 552 g/mol. The van der Waals surface area contributed by atoms with Crippen LogP contribution in [0, 0.1) is 6.92 Å². The third kappa shape index (κ3) is 6.00. The Morgan fingerprint density at radius 3 is 2.62 bits per heavy atom. The van der Waals surface area contributed by atoms with Gasteiger partial charge in [-0.3, -0.25) is 19.4 Å². The maximum Gasteiger partial charge on any atom is 0.254 e. The van der Waals surface area contributed by atoms with Gasteiger partial charge in [0.05, 0.1) is 18.0 Å². The van der Waals surface area contributed by atoms with Crippen molar-refractivity contribution < 1.29 is 24.6 Å². The lowest BCUT2D eigenvalue weighted by molar-refractivity contribution is -0.147. The van der Waals surface area contributed by atoms with Gasteiger partial charge < -0.3 is 25.7 Å². The first-order chi connectivity index (χ1) is 20.1. The number of phenolic OH excluding ortho intramolecular Hbond substituents is 1.